The Bertz CT molecular complexity index is 495. The number of carbonyl (C=O) groups is 1. The van der Waals surface area contributed by atoms with E-state index in [1.54, 1.807) is 6.07 Å². The zero-order valence-corrected chi connectivity index (χ0v) is 9.01. The Morgan fingerprint density at radius 1 is 1.35 bits per heavy atom. The van der Waals surface area contributed by atoms with Crippen LogP contribution >= 0.6 is 0 Å². The number of benzene rings is 1. The molecule has 1 heterocycles. The van der Waals surface area contributed by atoms with E-state index in [0.717, 1.165) is 11.3 Å². The minimum absolute atomic E-state index is 0.322. The molecule has 0 aliphatic rings. The van der Waals surface area contributed by atoms with Gasteiger partial charge in [0.05, 0.1) is 6.54 Å². The maximum atomic E-state index is 10.4. The summed E-state index contributed by atoms with van der Waals surface area (Å²) >= 11 is 0. The van der Waals surface area contributed by atoms with Gasteiger partial charge in [0.25, 0.3) is 0 Å². The van der Waals surface area contributed by atoms with E-state index in [4.69, 9.17) is 10.3 Å². The third kappa shape index (κ3) is 3.05. The summed E-state index contributed by atoms with van der Waals surface area (Å²) < 4.78 is 5.10. The SMILES string of the molecule is NC(=O)NNCc1cc(-c2ccccc2)no1. The van der Waals surface area contributed by atoms with Gasteiger partial charge in [-0.15, -0.1) is 0 Å². The van der Waals surface area contributed by atoms with E-state index in [1.807, 2.05) is 30.3 Å². The second kappa shape index (κ2) is 5.13. The highest BCUT2D eigenvalue weighted by Crippen LogP contribution is 2.18. The molecule has 2 amide bonds. The van der Waals surface area contributed by atoms with Crippen molar-refractivity contribution in [3.63, 3.8) is 0 Å². The van der Waals surface area contributed by atoms with Crippen LogP contribution in [0.5, 0.6) is 0 Å². The highest BCUT2D eigenvalue weighted by Gasteiger charge is 2.05. The van der Waals surface area contributed by atoms with Gasteiger partial charge < -0.3 is 10.3 Å². The average Bonchev–Trinajstić information content (AvgIpc) is 2.78. The van der Waals surface area contributed by atoms with Crippen LogP contribution in [-0.4, -0.2) is 11.2 Å². The number of amides is 2. The second-order valence-corrected chi connectivity index (χ2v) is 3.39. The van der Waals surface area contributed by atoms with Crippen LogP contribution in [0.1, 0.15) is 5.76 Å². The fourth-order valence-corrected chi connectivity index (χ4v) is 1.36. The van der Waals surface area contributed by atoms with Crippen molar-refractivity contribution in [1.29, 1.82) is 0 Å². The Morgan fingerprint density at radius 3 is 2.82 bits per heavy atom. The van der Waals surface area contributed by atoms with Crippen LogP contribution in [0.15, 0.2) is 40.9 Å². The van der Waals surface area contributed by atoms with Gasteiger partial charge in [0.15, 0.2) is 5.76 Å². The normalized spacial score (nSPS) is 10.1. The lowest BCUT2D eigenvalue weighted by Crippen LogP contribution is -2.40. The standard InChI is InChI=1S/C11H12N4O2/c12-11(16)14-13-7-9-6-10(15-17-9)8-4-2-1-3-5-8/h1-6,13H,7H2,(H3,12,14,16). The molecule has 2 aromatic rings. The number of nitrogens with zero attached hydrogens (tertiary/aromatic N) is 1. The monoisotopic (exact) mass is 232 g/mol. The Morgan fingerprint density at radius 2 is 2.12 bits per heavy atom. The molecule has 1 aromatic heterocycles. The van der Waals surface area contributed by atoms with E-state index in [2.05, 4.69) is 16.0 Å². The molecule has 0 bridgehead atoms. The number of rotatable bonds is 4. The highest BCUT2D eigenvalue weighted by atomic mass is 16.5. The number of nitrogens with one attached hydrogen (secondary N) is 2. The van der Waals surface area contributed by atoms with Crippen molar-refractivity contribution in [2.45, 2.75) is 6.54 Å². The molecular formula is C11H12N4O2. The quantitative estimate of drug-likeness (QED) is 0.686. The van der Waals surface area contributed by atoms with Crippen LogP contribution in [0.2, 0.25) is 0 Å². The molecule has 0 aliphatic carbocycles. The number of nitrogens with two attached hydrogens (primary N) is 1. The summed E-state index contributed by atoms with van der Waals surface area (Å²) in [5.41, 5.74) is 11.5. The number of hydrogen-bond donors (Lipinski definition) is 3. The molecule has 17 heavy (non-hydrogen) atoms. The molecule has 1 aromatic carbocycles. The molecule has 2 rings (SSSR count). The van der Waals surface area contributed by atoms with E-state index in [0.29, 0.717) is 12.3 Å². The minimum Gasteiger partial charge on any atom is -0.359 e. The van der Waals surface area contributed by atoms with E-state index in [1.165, 1.54) is 0 Å². The molecule has 0 atom stereocenters. The molecule has 4 N–H and O–H groups in total. The lowest BCUT2D eigenvalue weighted by atomic mass is 10.1. The summed E-state index contributed by atoms with van der Waals surface area (Å²) in [7, 11) is 0. The first-order chi connectivity index (χ1) is 8.25. The van der Waals surface area contributed by atoms with Gasteiger partial charge >= 0.3 is 6.03 Å². The van der Waals surface area contributed by atoms with Crippen LogP contribution in [0.3, 0.4) is 0 Å². The molecule has 0 fully saturated rings. The third-order valence-electron chi connectivity index (χ3n) is 2.10. The maximum absolute atomic E-state index is 10.4. The Kier molecular flexibility index (Phi) is 3.37. The number of urea groups is 1. The summed E-state index contributed by atoms with van der Waals surface area (Å²) in [6.45, 7) is 0.322. The van der Waals surface area contributed by atoms with Gasteiger partial charge in [-0.05, 0) is 0 Å². The maximum Gasteiger partial charge on any atom is 0.326 e. The summed E-state index contributed by atoms with van der Waals surface area (Å²) in [6.07, 6.45) is 0. The van der Waals surface area contributed by atoms with Gasteiger partial charge in [0.2, 0.25) is 0 Å². The first kappa shape index (κ1) is 11.2. The Balaban J connectivity index is 1.99. The molecule has 0 radical (unpaired) electrons. The van der Waals surface area contributed by atoms with Crippen LogP contribution in [0.25, 0.3) is 11.3 Å². The van der Waals surface area contributed by atoms with Gasteiger partial charge in [-0.1, -0.05) is 35.5 Å². The van der Waals surface area contributed by atoms with Crippen molar-refractivity contribution >= 4 is 6.03 Å². The van der Waals surface area contributed by atoms with Gasteiger partial charge in [0, 0.05) is 11.6 Å². The molecule has 6 nitrogen and oxygen atoms in total. The fraction of sp³-hybridized carbons (Fsp3) is 0.0909. The lowest BCUT2D eigenvalue weighted by molar-refractivity contribution is 0.243. The smallest absolute Gasteiger partial charge is 0.326 e. The average molecular weight is 232 g/mol. The van der Waals surface area contributed by atoms with Crippen LogP contribution in [0, 0.1) is 0 Å². The summed E-state index contributed by atoms with van der Waals surface area (Å²) in [4.78, 5) is 10.4. The molecule has 6 heteroatoms. The van der Waals surface area contributed by atoms with Crippen molar-refractivity contribution in [3.05, 3.63) is 42.2 Å². The zero-order chi connectivity index (χ0) is 12.1. The summed E-state index contributed by atoms with van der Waals surface area (Å²) in [6, 6.07) is 10.8. The van der Waals surface area contributed by atoms with E-state index in [-0.39, 0.29) is 0 Å². The third-order valence-corrected chi connectivity index (χ3v) is 2.10. The Hall–Kier alpha value is -2.34. The molecule has 0 aliphatic heterocycles. The van der Waals surface area contributed by atoms with E-state index in [9.17, 15) is 4.79 Å². The summed E-state index contributed by atoms with van der Waals surface area (Å²) in [5.74, 6) is 0.609. The van der Waals surface area contributed by atoms with Gasteiger partial charge in [-0.25, -0.2) is 10.2 Å². The molecular weight excluding hydrogens is 220 g/mol. The Labute approximate surface area is 97.8 Å². The largest absolute Gasteiger partial charge is 0.359 e. The van der Waals surface area contributed by atoms with Gasteiger partial charge in [-0.2, -0.15) is 0 Å². The van der Waals surface area contributed by atoms with Crippen molar-refractivity contribution in [3.8, 4) is 11.3 Å². The van der Waals surface area contributed by atoms with Crippen molar-refractivity contribution < 1.29 is 9.32 Å². The number of hydrazine groups is 1. The lowest BCUT2D eigenvalue weighted by Gasteiger charge is -1.99. The number of carbonyl (C=O) groups excluding carboxylic acids is 1. The zero-order valence-electron chi connectivity index (χ0n) is 9.01. The number of hydrogen-bond acceptors (Lipinski definition) is 4. The predicted octanol–water partition coefficient (Wildman–Crippen LogP) is 1.01. The van der Waals surface area contributed by atoms with Crippen molar-refractivity contribution in [2.75, 3.05) is 0 Å². The van der Waals surface area contributed by atoms with Crippen LogP contribution in [0.4, 0.5) is 4.79 Å². The van der Waals surface area contributed by atoms with Gasteiger partial charge in [0.1, 0.15) is 5.69 Å². The van der Waals surface area contributed by atoms with E-state index < -0.39 is 6.03 Å². The topological polar surface area (TPSA) is 93.2 Å². The van der Waals surface area contributed by atoms with Crippen LogP contribution < -0.4 is 16.6 Å². The molecule has 88 valence electrons. The molecule has 0 saturated carbocycles. The second-order valence-electron chi connectivity index (χ2n) is 3.39. The first-order valence-electron chi connectivity index (χ1n) is 5.05. The fourth-order valence-electron chi connectivity index (χ4n) is 1.36. The van der Waals surface area contributed by atoms with Crippen molar-refractivity contribution in [2.24, 2.45) is 5.73 Å². The van der Waals surface area contributed by atoms with Crippen LogP contribution in [-0.2, 0) is 6.54 Å². The molecule has 0 saturated heterocycles. The number of primary amides is 1. The summed E-state index contributed by atoms with van der Waals surface area (Å²) in [5, 5.41) is 3.93. The minimum atomic E-state index is -0.646. The highest BCUT2D eigenvalue weighted by molar-refractivity contribution is 5.70. The predicted molar refractivity (Wildman–Crippen MR) is 61.5 cm³/mol. The number of aromatic nitrogens is 1. The van der Waals surface area contributed by atoms with Crippen molar-refractivity contribution in [1.82, 2.24) is 16.0 Å². The van der Waals surface area contributed by atoms with E-state index >= 15 is 0 Å². The van der Waals surface area contributed by atoms with Gasteiger partial charge in [-0.3, -0.25) is 5.43 Å². The first-order valence-corrected chi connectivity index (χ1v) is 5.05. The molecule has 0 unspecified atom stereocenters. The molecule has 0 spiro atoms.